The number of carbonyl (C=O) groups is 3. The van der Waals surface area contributed by atoms with Crippen LogP contribution >= 0.6 is 11.8 Å². The number of ether oxygens (including phenoxy) is 1. The second-order valence-electron chi connectivity index (χ2n) is 10.2. The minimum Gasteiger partial charge on any atom is -0.497 e. The number of aliphatic hydroxyl groups is 1. The minimum absolute atomic E-state index is 0.0293. The summed E-state index contributed by atoms with van der Waals surface area (Å²) in [7, 11) is 3.38. The highest BCUT2D eigenvalue weighted by Crippen LogP contribution is 2.61. The third kappa shape index (κ3) is 4.36. The average Bonchev–Trinajstić information content (AvgIpc) is 3.22. The first-order valence-corrected chi connectivity index (χ1v) is 13.9. The number of aliphatic hydroxyl groups excluding tert-OH is 1. The Balaban J connectivity index is 1.52. The fourth-order valence-corrected chi connectivity index (χ4v) is 8.25. The Bertz CT molecular complexity index is 1110. The maximum absolute atomic E-state index is 14.3. The molecule has 2 saturated heterocycles. The van der Waals surface area contributed by atoms with Gasteiger partial charge in [-0.3, -0.25) is 14.4 Å². The van der Waals surface area contributed by atoms with Crippen LogP contribution in [0.15, 0.2) is 48.6 Å². The first-order chi connectivity index (χ1) is 17.9. The number of fused-ring (bicyclic) bond motifs is 2. The van der Waals surface area contributed by atoms with E-state index in [0.717, 1.165) is 31.4 Å². The number of anilines is 1. The summed E-state index contributed by atoms with van der Waals surface area (Å²) in [6, 6.07) is 6.70. The molecule has 0 aromatic heterocycles. The van der Waals surface area contributed by atoms with E-state index in [9.17, 15) is 14.4 Å². The zero-order chi connectivity index (χ0) is 26.2. The lowest BCUT2D eigenvalue weighted by Crippen LogP contribution is -2.53. The molecule has 4 heterocycles. The fraction of sp³-hybridized carbons (Fsp3) is 0.536. The van der Waals surface area contributed by atoms with E-state index in [1.807, 2.05) is 42.5 Å². The standard InChI is InChI=1S/C28H35N3O5S/c1-29-15-7-9-21-22(25(29)33)23-26(34)31(16-5-3-4-6-18-32)24-27(35)30(17-8-14-28(23,24)37-21)19-10-12-20(36-2)13-11-19/h7-14,21-24,32H,3-6,15-18H2,1-2H3/t21-,22+,23+,24?,28+/m1/s1. The highest BCUT2D eigenvalue weighted by Gasteiger charge is 2.70. The van der Waals surface area contributed by atoms with Gasteiger partial charge in [-0.05, 0) is 37.1 Å². The maximum atomic E-state index is 14.3. The molecule has 1 aromatic carbocycles. The van der Waals surface area contributed by atoms with Crippen LogP contribution in [0.1, 0.15) is 25.7 Å². The van der Waals surface area contributed by atoms with Crippen LogP contribution in [-0.4, -0.2) is 89.1 Å². The topological polar surface area (TPSA) is 90.4 Å². The summed E-state index contributed by atoms with van der Waals surface area (Å²) in [5.74, 6) is -0.612. The van der Waals surface area contributed by atoms with E-state index >= 15 is 0 Å². The van der Waals surface area contributed by atoms with E-state index < -0.39 is 22.6 Å². The second kappa shape index (κ2) is 10.5. The van der Waals surface area contributed by atoms with Gasteiger partial charge in [-0.2, -0.15) is 0 Å². The SMILES string of the molecule is COc1ccc(N2CC=C[C@]34S[C@@H]5C=CCN(C)C(=O)[C@@H]5[C@H]3C(=O)N(CCCCCCO)C4C2=O)cc1. The van der Waals surface area contributed by atoms with Gasteiger partial charge in [0.25, 0.3) is 5.91 Å². The molecule has 1 aromatic rings. The third-order valence-corrected chi connectivity index (χ3v) is 9.80. The van der Waals surface area contributed by atoms with Gasteiger partial charge in [-0.25, -0.2) is 0 Å². The molecule has 0 saturated carbocycles. The van der Waals surface area contributed by atoms with Gasteiger partial charge in [0.15, 0.2) is 0 Å². The minimum atomic E-state index is -0.798. The number of carbonyl (C=O) groups excluding carboxylic acids is 3. The van der Waals surface area contributed by atoms with Crippen molar-refractivity contribution in [3.05, 3.63) is 48.6 Å². The molecule has 0 radical (unpaired) electrons. The molecule has 37 heavy (non-hydrogen) atoms. The Morgan fingerprint density at radius 1 is 1.00 bits per heavy atom. The van der Waals surface area contributed by atoms with Crippen LogP contribution in [0.4, 0.5) is 5.69 Å². The van der Waals surface area contributed by atoms with Gasteiger partial charge in [-0.15, -0.1) is 11.8 Å². The number of benzene rings is 1. The predicted octanol–water partition coefficient (Wildman–Crippen LogP) is 2.48. The highest BCUT2D eigenvalue weighted by atomic mass is 32.2. The van der Waals surface area contributed by atoms with Crippen LogP contribution in [0.2, 0.25) is 0 Å². The monoisotopic (exact) mass is 525 g/mol. The van der Waals surface area contributed by atoms with E-state index in [1.54, 1.807) is 40.6 Å². The van der Waals surface area contributed by atoms with Crippen LogP contribution in [0, 0.1) is 11.8 Å². The first kappa shape index (κ1) is 25.9. The average molecular weight is 526 g/mol. The van der Waals surface area contributed by atoms with Gasteiger partial charge < -0.3 is 24.5 Å². The smallest absolute Gasteiger partial charge is 0.251 e. The van der Waals surface area contributed by atoms with E-state index in [-0.39, 0.29) is 29.6 Å². The molecular weight excluding hydrogens is 490 g/mol. The number of methoxy groups -OCH3 is 1. The van der Waals surface area contributed by atoms with E-state index in [2.05, 4.69) is 6.08 Å². The van der Waals surface area contributed by atoms with Gasteiger partial charge in [0, 0.05) is 44.2 Å². The van der Waals surface area contributed by atoms with Crippen molar-refractivity contribution < 1.29 is 24.2 Å². The second-order valence-corrected chi connectivity index (χ2v) is 11.7. The number of hydrogen-bond donors (Lipinski definition) is 1. The number of unbranched alkanes of at least 4 members (excludes halogenated alkanes) is 3. The van der Waals surface area contributed by atoms with Gasteiger partial charge in [-0.1, -0.05) is 37.1 Å². The molecule has 4 aliphatic rings. The molecule has 5 rings (SSSR count). The Labute approximate surface area is 222 Å². The molecule has 2 fully saturated rings. The normalized spacial score (nSPS) is 30.8. The molecule has 4 aliphatic heterocycles. The summed E-state index contributed by atoms with van der Waals surface area (Å²) >= 11 is 1.61. The van der Waals surface area contributed by atoms with Crippen molar-refractivity contribution in [1.82, 2.24) is 9.80 Å². The number of nitrogens with zero attached hydrogens (tertiary/aromatic N) is 3. The van der Waals surface area contributed by atoms with Gasteiger partial charge >= 0.3 is 0 Å². The van der Waals surface area contributed by atoms with E-state index in [0.29, 0.717) is 25.4 Å². The number of likely N-dealkylation sites (tertiary alicyclic amines) is 1. The van der Waals surface area contributed by atoms with Crippen molar-refractivity contribution in [2.45, 2.75) is 41.7 Å². The molecule has 5 atom stereocenters. The molecule has 8 nitrogen and oxygen atoms in total. The summed E-state index contributed by atoms with van der Waals surface area (Å²) < 4.78 is 4.49. The highest BCUT2D eigenvalue weighted by molar-refractivity contribution is 8.02. The van der Waals surface area contributed by atoms with Crippen molar-refractivity contribution in [1.29, 1.82) is 0 Å². The molecule has 0 bridgehead atoms. The molecule has 9 heteroatoms. The van der Waals surface area contributed by atoms with Crippen molar-refractivity contribution in [2.75, 3.05) is 45.3 Å². The van der Waals surface area contributed by atoms with Crippen molar-refractivity contribution in [3.63, 3.8) is 0 Å². The van der Waals surface area contributed by atoms with Crippen LogP contribution in [0.25, 0.3) is 0 Å². The Morgan fingerprint density at radius 2 is 1.76 bits per heavy atom. The number of amides is 3. The lowest BCUT2D eigenvalue weighted by Gasteiger charge is -2.35. The van der Waals surface area contributed by atoms with Gasteiger partial charge in [0.05, 0.1) is 23.7 Å². The summed E-state index contributed by atoms with van der Waals surface area (Å²) in [5, 5.41) is 8.98. The summed E-state index contributed by atoms with van der Waals surface area (Å²) in [6.45, 7) is 1.53. The lowest BCUT2D eigenvalue weighted by atomic mass is 9.78. The summed E-state index contributed by atoms with van der Waals surface area (Å²) in [5.41, 5.74) is 0.749. The number of likely N-dealkylation sites (N-methyl/N-ethyl adjacent to an activating group) is 1. The number of thioether (sulfide) groups is 1. The quantitative estimate of drug-likeness (QED) is 0.414. The molecule has 198 valence electrons. The zero-order valence-corrected chi connectivity index (χ0v) is 22.2. The van der Waals surface area contributed by atoms with E-state index in [1.165, 1.54) is 0 Å². The Kier molecular flexibility index (Phi) is 7.36. The van der Waals surface area contributed by atoms with Crippen LogP contribution < -0.4 is 9.64 Å². The molecule has 1 spiro atoms. The van der Waals surface area contributed by atoms with Gasteiger partial charge in [0.2, 0.25) is 11.8 Å². The van der Waals surface area contributed by atoms with Crippen molar-refractivity contribution in [2.24, 2.45) is 11.8 Å². The van der Waals surface area contributed by atoms with Crippen LogP contribution in [0.5, 0.6) is 5.75 Å². The number of rotatable bonds is 8. The first-order valence-electron chi connectivity index (χ1n) is 13.1. The summed E-state index contributed by atoms with van der Waals surface area (Å²) in [4.78, 5) is 47.1. The van der Waals surface area contributed by atoms with E-state index in [4.69, 9.17) is 9.84 Å². The van der Waals surface area contributed by atoms with Crippen LogP contribution in [0.3, 0.4) is 0 Å². The summed E-state index contributed by atoms with van der Waals surface area (Å²) in [6.07, 6.45) is 11.3. The molecule has 3 amide bonds. The zero-order valence-electron chi connectivity index (χ0n) is 21.4. The molecule has 1 N–H and O–H groups in total. The van der Waals surface area contributed by atoms with Gasteiger partial charge in [0.1, 0.15) is 11.8 Å². The van der Waals surface area contributed by atoms with Crippen LogP contribution in [-0.2, 0) is 14.4 Å². The molecular formula is C28H35N3O5S. The number of hydrogen-bond acceptors (Lipinski definition) is 6. The largest absolute Gasteiger partial charge is 0.497 e. The van der Waals surface area contributed by atoms with Crippen molar-refractivity contribution in [3.8, 4) is 5.75 Å². The Morgan fingerprint density at radius 3 is 2.49 bits per heavy atom. The fourth-order valence-electron chi connectivity index (χ4n) is 6.24. The maximum Gasteiger partial charge on any atom is 0.251 e. The lowest BCUT2D eigenvalue weighted by molar-refractivity contribution is -0.142. The van der Waals surface area contributed by atoms with Crippen molar-refractivity contribution >= 4 is 35.2 Å². The predicted molar refractivity (Wildman–Crippen MR) is 143 cm³/mol. The Hall–Kier alpha value is -2.78. The molecule has 0 aliphatic carbocycles. The molecule has 1 unspecified atom stereocenters. The third-order valence-electron chi connectivity index (χ3n) is 8.05.